The summed E-state index contributed by atoms with van der Waals surface area (Å²) in [5, 5.41) is 48.7. The molecule has 16 N–H and O–H groups in total. The maximum Gasteiger partial charge on any atom is 0.249 e. The molecule has 2 fully saturated rings. The van der Waals surface area contributed by atoms with Crippen molar-refractivity contribution in [2.24, 2.45) is 33.7 Å². The zero-order valence-electron chi connectivity index (χ0n) is 23.3. The largest absolute Gasteiger partial charge is 0.466 e. The van der Waals surface area contributed by atoms with Crippen LogP contribution in [0.3, 0.4) is 0 Å². The van der Waals surface area contributed by atoms with E-state index >= 15 is 0 Å². The van der Waals surface area contributed by atoms with Crippen molar-refractivity contribution < 1.29 is 44.2 Å². The average Bonchev–Trinajstić information content (AvgIpc) is 2.90. The number of hydrogen-bond donors (Lipinski definition) is 11. The molecule has 1 aliphatic carbocycles. The Bertz CT molecular complexity index is 937. The highest BCUT2D eigenvalue weighted by molar-refractivity contribution is 5.80. The number of nitrogens with one attached hydrogen (secondary N) is 2. The molecule has 0 aromatic rings. The lowest BCUT2D eigenvalue weighted by Crippen LogP contribution is -2.69. The van der Waals surface area contributed by atoms with Gasteiger partial charge in [-0.1, -0.05) is 0 Å². The lowest BCUT2D eigenvalue weighted by Gasteiger charge is -2.48. The van der Waals surface area contributed by atoms with Gasteiger partial charge in [0, 0.05) is 6.04 Å². The average molecular weight is 591 g/mol. The molecule has 12 atom stereocenters. The lowest BCUT2D eigenvalue weighted by molar-refractivity contribution is -0.304. The van der Waals surface area contributed by atoms with Crippen molar-refractivity contribution in [1.82, 2.24) is 10.6 Å². The monoisotopic (exact) mass is 590 g/mol. The molecule has 236 valence electrons. The molecular weight excluding hydrogens is 544 g/mol. The van der Waals surface area contributed by atoms with Crippen LogP contribution in [-0.4, -0.2) is 132 Å². The second-order valence-electron chi connectivity index (χ2n) is 10.8. The third-order valence-electron chi connectivity index (χ3n) is 7.50. The van der Waals surface area contributed by atoms with E-state index in [1.165, 1.54) is 6.92 Å². The van der Waals surface area contributed by atoms with Crippen LogP contribution in [0.1, 0.15) is 26.2 Å². The summed E-state index contributed by atoms with van der Waals surface area (Å²) in [6.45, 7) is 1.46. The topological polar surface area (TPSA) is 301 Å². The molecule has 2 aliphatic heterocycles. The number of rotatable bonds is 11. The summed E-state index contributed by atoms with van der Waals surface area (Å²) in [5.74, 6) is -0.495. The van der Waals surface area contributed by atoms with E-state index in [9.17, 15) is 25.2 Å². The van der Waals surface area contributed by atoms with Crippen LogP contribution >= 0.6 is 0 Å². The van der Waals surface area contributed by atoms with Gasteiger partial charge in [-0.25, -0.2) is 4.99 Å². The molecule has 1 saturated heterocycles. The zero-order chi connectivity index (χ0) is 30.5. The molecule has 1 amide bonds. The Hall–Kier alpha value is -2.16. The molecule has 0 spiro atoms. The standard InChI is InChI=1S/C24H46N8O9/c1-24(37)9-38-22(16(35)19(24)30-2)41-18-13(31-20(36)14(33)5-6-25)7-11(27)17(15(18)34)40-21-12(32-23(28)29)4-3-10(8-26)39-21/h3,11-19,21-22,30,33-35,37H,4-9,25-27H2,1-2H3,(H,31,36)(H4,28,29,32)/t11-,12+,13+,14-,15?,16+,17+,18-,19+,21+,22-,24-/m0/s1. The number of carbonyl (C=O) groups excluding carboxylic acids is 1. The minimum absolute atomic E-state index is 0.00992. The number of guanidine groups is 1. The van der Waals surface area contributed by atoms with E-state index < -0.39 is 78.8 Å². The maximum atomic E-state index is 12.7. The van der Waals surface area contributed by atoms with E-state index in [4.69, 9.17) is 47.6 Å². The fraction of sp³-hybridized carbons (Fsp3) is 0.833. The van der Waals surface area contributed by atoms with E-state index in [-0.39, 0.29) is 38.5 Å². The summed E-state index contributed by atoms with van der Waals surface area (Å²) in [4.78, 5) is 16.8. The van der Waals surface area contributed by atoms with Gasteiger partial charge in [-0.2, -0.15) is 0 Å². The first-order chi connectivity index (χ1) is 19.3. The van der Waals surface area contributed by atoms with Gasteiger partial charge in [-0.15, -0.1) is 0 Å². The van der Waals surface area contributed by atoms with Crippen molar-refractivity contribution in [2.75, 3.05) is 26.7 Å². The number of aliphatic imine (C=N–C) groups is 1. The van der Waals surface area contributed by atoms with Gasteiger partial charge in [0.05, 0.1) is 25.2 Å². The third-order valence-corrected chi connectivity index (χ3v) is 7.50. The van der Waals surface area contributed by atoms with E-state index in [0.717, 1.165) is 0 Å². The van der Waals surface area contributed by atoms with E-state index in [2.05, 4.69) is 15.6 Å². The highest BCUT2D eigenvalue weighted by atomic mass is 16.7. The maximum absolute atomic E-state index is 12.7. The van der Waals surface area contributed by atoms with Crippen molar-refractivity contribution in [2.45, 2.75) is 99.1 Å². The number of carbonyl (C=O) groups is 1. The van der Waals surface area contributed by atoms with Gasteiger partial charge in [0.2, 0.25) is 12.2 Å². The van der Waals surface area contributed by atoms with Gasteiger partial charge in [0.25, 0.3) is 0 Å². The molecule has 1 saturated carbocycles. The summed E-state index contributed by atoms with van der Waals surface area (Å²) in [5.41, 5.74) is 27.4. The molecule has 41 heavy (non-hydrogen) atoms. The fourth-order valence-electron chi connectivity index (χ4n) is 5.37. The molecule has 2 heterocycles. The lowest BCUT2D eigenvalue weighted by atomic mass is 9.83. The van der Waals surface area contributed by atoms with Gasteiger partial charge in [-0.3, -0.25) is 4.79 Å². The number of nitrogens with zero attached hydrogens (tertiary/aromatic N) is 1. The molecule has 0 bridgehead atoms. The van der Waals surface area contributed by atoms with Crippen LogP contribution in [-0.2, 0) is 23.7 Å². The number of likely N-dealkylation sites (N-methyl/N-ethyl adjacent to an activating group) is 1. The van der Waals surface area contributed by atoms with E-state index in [1.54, 1.807) is 13.1 Å². The molecule has 0 aromatic heterocycles. The second-order valence-corrected chi connectivity index (χ2v) is 10.8. The second kappa shape index (κ2) is 14.3. The zero-order valence-corrected chi connectivity index (χ0v) is 23.3. The highest BCUT2D eigenvalue weighted by Crippen LogP contribution is 2.32. The predicted molar refractivity (Wildman–Crippen MR) is 145 cm³/mol. The van der Waals surface area contributed by atoms with Crippen LogP contribution in [0.5, 0.6) is 0 Å². The molecule has 3 aliphatic rings. The van der Waals surface area contributed by atoms with Crippen molar-refractivity contribution in [3.63, 3.8) is 0 Å². The van der Waals surface area contributed by atoms with Gasteiger partial charge in [0.1, 0.15) is 47.9 Å². The van der Waals surface area contributed by atoms with Crippen LogP contribution in [0.2, 0.25) is 0 Å². The number of amides is 1. The van der Waals surface area contributed by atoms with Crippen molar-refractivity contribution in [3.05, 3.63) is 11.8 Å². The molecule has 3 rings (SSSR count). The van der Waals surface area contributed by atoms with Gasteiger partial charge >= 0.3 is 0 Å². The van der Waals surface area contributed by atoms with Crippen molar-refractivity contribution in [3.8, 4) is 0 Å². The first kappa shape index (κ1) is 33.3. The molecular formula is C24H46N8O9. The number of ether oxygens (including phenoxy) is 4. The number of aliphatic hydroxyl groups excluding tert-OH is 3. The Morgan fingerprint density at radius 1 is 1.22 bits per heavy atom. The van der Waals surface area contributed by atoms with Crippen LogP contribution in [0, 0.1) is 0 Å². The van der Waals surface area contributed by atoms with Gasteiger partial charge in [0.15, 0.2) is 12.2 Å². The highest BCUT2D eigenvalue weighted by Gasteiger charge is 2.52. The predicted octanol–water partition coefficient (Wildman–Crippen LogP) is -5.67. The Morgan fingerprint density at radius 2 is 1.90 bits per heavy atom. The summed E-state index contributed by atoms with van der Waals surface area (Å²) in [7, 11) is 1.56. The minimum Gasteiger partial charge on any atom is -0.466 e. The van der Waals surface area contributed by atoms with E-state index in [1.807, 2.05) is 0 Å². The Kier molecular flexibility index (Phi) is 11.7. The summed E-state index contributed by atoms with van der Waals surface area (Å²) in [6, 6.07) is -3.31. The summed E-state index contributed by atoms with van der Waals surface area (Å²) < 4.78 is 23.6. The minimum atomic E-state index is -1.50. The first-order valence-corrected chi connectivity index (χ1v) is 13.6. The van der Waals surface area contributed by atoms with Crippen LogP contribution < -0.4 is 39.3 Å². The summed E-state index contributed by atoms with van der Waals surface area (Å²) in [6.07, 6.45) is -6.90. The van der Waals surface area contributed by atoms with Crippen LogP contribution in [0.4, 0.5) is 0 Å². The number of aliphatic hydroxyl groups is 4. The van der Waals surface area contributed by atoms with Gasteiger partial charge < -0.3 is 78.7 Å². The molecule has 0 radical (unpaired) electrons. The van der Waals surface area contributed by atoms with Crippen molar-refractivity contribution >= 4 is 11.9 Å². The summed E-state index contributed by atoms with van der Waals surface area (Å²) >= 11 is 0. The number of nitrogens with two attached hydrogens (primary N) is 5. The normalized spacial score (nSPS) is 40.2. The smallest absolute Gasteiger partial charge is 0.249 e. The Balaban J connectivity index is 1.87. The third kappa shape index (κ3) is 8.02. The number of hydrogen-bond acceptors (Lipinski definition) is 14. The Morgan fingerprint density at radius 3 is 2.51 bits per heavy atom. The molecule has 0 aromatic carbocycles. The molecule has 17 nitrogen and oxygen atoms in total. The SMILES string of the molecule is CN[C@@H]1[C@@H](O)[C@H](O[C@@H]2C(O)[C@H](O[C@H]3OC(CN)=CC[C@H]3N=C(N)N)[C@@H](N)C[C@H]2NC(=O)[C@@H](O)CCN)OC[C@]1(C)O. The molecule has 1 unspecified atom stereocenters. The van der Waals surface area contributed by atoms with Gasteiger partial charge in [-0.05, 0) is 45.9 Å². The quantitative estimate of drug-likeness (QED) is 0.0789. The van der Waals surface area contributed by atoms with Crippen molar-refractivity contribution in [1.29, 1.82) is 0 Å². The van der Waals surface area contributed by atoms with Crippen LogP contribution in [0.15, 0.2) is 16.8 Å². The Labute approximate surface area is 238 Å². The van der Waals surface area contributed by atoms with Crippen LogP contribution in [0.25, 0.3) is 0 Å². The van der Waals surface area contributed by atoms with E-state index in [0.29, 0.717) is 12.2 Å². The molecule has 17 heteroatoms. The first-order valence-electron chi connectivity index (χ1n) is 13.6. The fourth-order valence-corrected chi connectivity index (χ4v) is 5.37.